The fourth-order valence-electron chi connectivity index (χ4n) is 3.18. The molecule has 0 saturated carbocycles. The lowest BCUT2D eigenvalue weighted by molar-refractivity contribution is 0.415. The highest BCUT2D eigenvalue weighted by atomic mass is 32.2. The molecule has 6 nitrogen and oxygen atoms in total. The number of fused-ring (bicyclic) bond motifs is 1. The first-order valence-corrected chi connectivity index (χ1v) is 10.2. The van der Waals surface area contributed by atoms with Crippen molar-refractivity contribution in [1.82, 2.24) is 14.8 Å². The van der Waals surface area contributed by atoms with Crippen LogP contribution in [-0.2, 0) is 12.8 Å². The Kier molecular flexibility index (Phi) is 5.15. The lowest BCUT2D eigenvalue weighted by Gasteiger charge is -2.08. The average molecular weight is 407 g/mol. The van der Waals surface area contributed by atoms with E-state index < -0.39 is 0 Å². The Morgan fingerprint density at radius 3 is 2.52 bits per heavy atom. The van der Waals surface area contributed by atoms with E-state index in [1.807, 2.05) is 48.9 Å². The van der Waals surface area contributed by atoms with Gasteiger partial charge in [-0.2, -0.15) is 0 Å². The number of methoxy groups -OCH3 is 1. The number of rotatable bonds is 5. The first-order valence-electron chi connectivity index (χ1n) is 9.17. The van der Waals surface area contributed by atoms with Crippen LogP contribution in [0.2, 0.25) is 0 Å². The van der Waals surface area contributed by atoms with Crippen LogP contribution in [0.5, 0.6) is 5.75 Å². The number of thioether (sulfide) groups is 1. The number of aromatic nitrogens is 3. The fraction of sp³-hybridized carbons (Fsp3) is 0.227. The van der Waals surface area contributed by atoms with Crippen molar-refractivity contribution in [3.8, 4) is 17.1 Å². The van der Waals surface area contributed by atoms with Crippen molar-refractivity contribution in [2.24, 2.45) is 7.05 Å². The van der Waals surface area contributed by atoms with Crippen LogP contribution in [0.4, 0.5) is 0 Å². The Morgan fingerprint density at radius 1 is 1.07 bits per heavy atom. The third kappa shape index (κ3) is 3.78. The highest BCUT2D eigenvalue weighted by Crippen LogP contribution is 2.29. The normalized spacial score (nSPS) is 11.2. The fourth-order valence-corrected chi connectivity index (χ4v) is 4.08. The van der Waals surface area contributed by atoms with Crippen molar-refractivity contribution in [3.63, 3.8) is 0 Å². The van der Waals surface area contributed by atoms with E-state index in [0.29, 0.717) is 11.3 Å². The summed E-state index contributed by atoms with van der Waals surface area (Å²) >= 11 is 1.54. The minimum atomic E-state index is -0.340. The van der Waals surface area contributed by atoms with Gasteiger partial charge in [0, 0.05) is 29.8 Å². The Bertz CT molecular complexity index is 1240. The second-order valence-electron chi connectivity index (χ2n) is 6.91. The van der Waals surface area contributed by atoms with Crippen molar-refractivity contribution in [2.75, 3.05) is 7.11 Å². The van der Waals surface area contributed by atoms with Gasteiger partial charge in [-0.3, -0.25) is 0 Å². The maximum atomic E-state index is 12.0. The van der Waals surface area contributed by atoms with E-state index in [9.17, 15) is 4.79 Å². The molecule has 4 rings (SSSR count). The molecule has 7 heteroatoms. The van der Waals surface area contributed by atoms with Gasteiger partial charge in [-0.25, -0.2) is 4.79 Å². The van der Waals surface area contributed by atoms with Gasteiger partial charge >= 0.3 is 5.63 Å². The molecule has 0 amide bonds. The van der Waals surface area contributed by atoms with Gasteiger partial charge in [-0.1, -0.05) is 11.8 Å². The molecule has 29 heavy (non-hydrogen) atoms. The van der Waals surface area contributed by atoms with Crippen LogP contribution >= 0.6 is 11.8 Å². The molecule has 2 heterocycles. The molecular formula is C22H21N3O3S. The third-order valence-corrected chi connectivity index (χ3v) is 6.05. The molecule has 0 aliphatic rings. The summed E-state index contributed by atoms with van der Waals surface area (Å²) in [7, 11) is 3.58. The maximum absolute atomic E-state index is 12.0. The van der Waals surface area contributed by atoms with Crippen molar-refractivity contribution in [1.29, 1.82) is 0 Å². The number of nitrogens with zero attached hydrogens (tertiary/aromatic N) is 3. The van der Waals surface area contributed by atoms with Gasteiger partial charge in [0.15, 0.2) is 11.0 Å². The second kappa shape index (κ2) is 7.75. The van der Waals surface area contributed by atoms with Gasteiger partial charge < -0.3 is 13.7 Å². The predicted octanol–water partition coefficient (Wildman–Crippen LogP) is 4.51. The molecule has 0 aliphatic carbocycles. The summed E-state index contributed by atoms with van der Waals surface area (Å²) in [5.74, 6) is 2.17. The van der Waals surface area contributed by atoms with Crippen LogP contribution in [0.1, 0.15) is 16.7 Å². The standard InChI is InChI=1S/C22H21N3O3S/c1-13-9-18-16(11-20(26)28-19(18)10-14(13)2)12-29-22-24-23-21(25(22)3)15-5-7-17(27-4)8-6-15/h5-11H,12H2,1-4H3. The summed E-state index contributed by atoms with van der Waals surface area (Å²) in [5.41, 5.74) is 4.44. The predicted molar refractivity (Wildman–Crippen MR) is 115 cm³/mol. The zero-order valence-electron chi connectivity index (χ0n) is 16.7. The molecule has 2 aromatic heterocycles. The van der Waals surface area contributed by atoms with Crippen molar-refractivity contribution in [2.45, 2.75) is 24.8 Å². The summed E-state index contributed by atoms with van der Waals surface area (Å²) in [6, 6.07) is 13.3. The van der Waals surface area contributed by atoms with Crippen molar-refractivity contribution in [3.05, 3.63) is 69.6 Å². The van der Waals surface area contributed by atoms with Gasteiger partial charge in [0.25, 0.3) is 0 Å². The van der Waals surface area contributed by atoms with Crippen LogP contribution in [0.3, 0.4) is 0 Å². The number of hydrogen-bond acceptors (Lipinski definition) is 6. The Morgan fingerprint density at radius 2 is 1.79 bits per heavy atom. The van der Waals surface area contributed by atoms with Crippen LogP contribution < -0.4 is 10.4 Å². The van der Waals surface area contributed by atoms with Crippen LogP contribution in [0.15, 0.2) is 56.8 Å². The molecule has 0 radical (unpaired) electrons. The molecule has 148 valence electrons. The molecule has 4 aromatic rings. The number of benzene rings is 2. The first kappa shape index (κ1) is 19.3. The molecule has 0 bridgehead atoms. The lowest BCUT2D eigenvalue weighted by atomic mass is 10.0. The summed E-state index contributed by atoms with van der Waals surface area (Å²) < 4.78 is 12.5. The molecule has 0 aliphatic heterocycles. The SMILES string of the molecule is COc1ccc(-c2nnc(SCc3cc(=O)oc4cc(C)c(C)cc34)n2C)cc1. The Balaban J connectivity index is 1.62. The van der Waals surface area contributed by atoms with E-state index >= 15 is 0 Å². The van der Waals surface area contributed by atoms with Crippen molar-refractivity contribution < 1.29 is 9.15 Å². The van der Waals surface area contributed by atoms with Gasteiger partial charge in [0.05, 0.1) is 7.11 Å². The number of hydrogen-bond donors (Lipinski definition) is 0. The molecule has 0 saturated heterocycles. The van der Waals surface area contributed by atoms with E-state index in [0.717, 1.165) is 44.4 Å². The van der Waals surface area contributed by atoms with Gasteiger partial charge in [0.1, 0.15) is 11.3 Å². The quantitative estimate of drug-likeness (QED) is 0.358. The van der Waals surface area contributed by atoms with Crippen LogP contribution in [0.25, 0.3) is 22.4 Å². The number of ether oxygens (including phenoxy) is 1. The monoisotopic (exact) mass is 407 g/mol. The molecule has 0 spiro atoms. The molecule has 0 atom stereocenters. The Hall–Kier alpha value is -3.06. The topological polar surface area (TPSA) is 70.2 Å². The van der Waals surface area contributed by atoms with E-state index in [1.165, 1.54) is 0 Å². The van der Waals surface area contributed by atoms with Crippen LogP contribution in [0, 0.1) is 13.8 Å². The smallest absolute Gasteiger partial charge is 0.336 e. The van der Waals surface area contributed by atoms with Crippen molar-refractivity contribution >= 4 is 22.7 Å². The maximum Gasteiger partial charge on any atom is 0.336 e. The summed E-state index contributed by atoms with van der Waals surface area (Å²) in [5, 5.41) is 10.4. The van der Waals surface area contributed by atoms with E-state index in [2.05, 4.69) is 23.2 Å². The second-order valence-corrected chi connectivity index (χ2v) is 7.85. The molecule has 0 unspecified atom stereocenters. The number of aryl methyl sites for hydroxylation is 2. The third-order valence-electron chi connectivity index (χ3n) is 4.98. The average Bonchev–Trinajstić information content (AvgIpc) is 3.08. The van der Waals surface area contributed by atoms with E-state index in [4.69, 9.17) is 9.15 Å². The summed E-state index contributed by atoms with van der Waals surface area (Å²) in [4.78, 5) is 12.0. The minimum Gasteiger partial charge on any atom is -0.497 e. The molecular weight excluding hydrogens is 386 g/mol. The Labute approximate surface area is 172 Å². The minimum absolute atomic E-state index is 0.340. The molecule has 0 N–H and O–H groups in total. The zero-order chi connectivity index (χ0) is 20.5. The lowest BCUT2D eigenvalue weighted by Crippen LogP contribution is -2.01. The van der Waals surface area contributed by atoms with Gasteiger partial charge in [0.2, 0.25) is 0 Å². The highest BCUT2D eigenvalue weighted by Gasteiger charge is 2.14. The summed E-state index contributed by atoms with van der Waals surface area (Å²) in [6.45, 7) is 4.07. The first-order chi connectivity index (χ1) is 14.0. The van der Waals surface area contributed by atoms with Gasteiger partial charge in [-0.15, -0.1) is 10.2 Å². The van der Waals surface area contributed by atoms with E-state index in [-0.39, 0.29) is 5.63 Å². The largest absolute Gasteiger partial charge is 0.497 e. The zero-order valence-corrected chi connectivity index (χ0v) is 17.5. The van der Waals surface area contributed by atoms with Crippen LogP contribution in [-0.4, -0.2) is 21.9 Å². The van der Waals surface area contributed by atoms with E-state index in [1.54, 1.807) is 24.9 Å². The molecule has 2 aromatic carbocycles. The summed E-state index contributed by atoms with van der Waals surface area (Å²) in [6.07, 6.45) is 0. The molecule has 0 fully saturated rings. The highest BCUT2D eigenvalue weighted by molar-refractivity contribution is 7.98. The van der Waals surface area contributed by atoms with Gasteiger partial charge in [-0.05, 0) is 66.9 Å².